The highest BCUT2D eigenvalue weighted by atomic mass is 35.5. The van der Waals surface area contributed by atoms with Crippen molar-refractivity contribution in [3.63, 3.8) is 0 Å². The van der Waals surface area contributed by atoms with E-state index in [1.165, 1.54) is 0 Å². The average molecular weight is 287 g/mol. The topological polar surface area (TPSA) is 68.9 Å². The quantitative estimate of drug-likeness (QED) is 0.495. The van der Waals surface area contributed by atoms with E-state index in [1.807, 2.05) is 13.8 Å². The molecule has 0 unspecified atom stereocenters. The summed E-state index contributed by atoms with van der Waals surface area (Å²) in [5.41, 5.74) is 6.26. The molecule has 0 aromatic heterocycles. The molecule has 0 spiro atoms. The number of halogens is 1. The Labute approximate surface area is 121 Å². The Bertz CT molecular complexity index is 402. The summed E-state index contributed by atoms with van der Waals surface area (Å²) in [4.78, 5) is 11.9. The zero-order chi connectivity index (χ0) is 13.8. The van der Waals surface area contributed by atoms with Crippen molar-refractivity contribution in [3.8, 4) is 0 Å². The number of benzene rings is 1. The predicted molar refractivity (Wildman–Crippen MR) is 72.3 cm³/mol. The molecular weight excluding hydrogens is 264 g/mol. The van der Waals surface area contributed by atoms with E-state index in [0.29, 0.717) is 17.3 Å². The summed E-state index contributed by atoms with van der Waals surface area (Å²) < 4.78 is 5.50. The number of anilines is 1. The highest BCUT2D eigenvalue weighted by molar-refractivity contribution is 5.90. The molecule has 0 aliphatic heterocycles. The minimum atomic E-state index is -0.483. The highest BCUT2D eigenvalue weighted by Crippen LogP contribution is 2.12. The van der Waals surface area contributed by atoms with Crippen molar-refractivity contribution >= 4 is 11.7 Å². The molecule has 0 amide bonds. The van der Waals surface area contributed by atoms with Gasteiger partial charge in [-0.15, -0.1) is 0 Å². The maximum absolute atomic E-state index is 11.9. The fourth-order valence-corrected chi connectivity index (χ4v) is 1.49. The van der Waals surface area contributed by atoms with E-state index in [-0.39, 0.29) is 18.4 Å². The Balaban J connectivity index is 0.00000324. The molecule has 108 valence electrons. The molecule has 1 aromatic rings. The molecule has 0 saturated carbocycles. The first kappa shape index (κ1) is 17.7. The zero-order valence-corrected chi connectivity index (χ0v) is 12.7. The van der Waals surface area contributed by atoms with E-state index >= 15 is 0 Å². The number of carbonyl (C=O) groups excluding carboxylic acids is 1. The van der Waals surface area contributed by atoms with Gasteiger partial charge in [-0.3, -0.25) is 0 Å². The van der Waals surface area contributed by atoms with Gasteiger partial charge in [0.1, 0.15) is 6.54 Å². The second kappa shape index (κ2) is 7.36. The number of rotatable bonds is 5. The third-order valence-electron chi connectivity index (χ3n) is 2.60. The van der Waals surface area contributed by atoms with Crippen LogP contribution in [0, 0.1) is 0 Å². The van der Waals surface area contributed by atoms with E-state index < -0.39 is 5.60 Å². The Morgan fingerprint density at radius 1 is 1.32 bits per heavy atom. The Hall–Kier alpha value is -1.26. The smallest absolute Gasteiger partial charge is 0.338 e. The van der Waals surface area contributed by atoms with Crippen LogP contribution in [0.5, 0.6) is 0 Å². The first-order chi connectivity index (χ1) is 8.30. The van der Waals surface area contributed by atoms with Crippen LogP contribution in [0.2, 0.25) is 0 Å². The monoisotopic (exact) mass is 286 g/mol. The van der Waals surface area contributed by atoms with Gasteiger partial charge in [0, 0.05) is 5.69 Å². The van der Waals surface area contributed by atoms with E-state index in [0.717, 1.165) is 6.54 Å². The summed E-state index contributed by atoms with van der Waals surface area (Å²) >= 11 is 0. The molecule has 0 heterocycles. The summed E-state index contributed by atoms with van der Waals surface area (Å²) in [5.74, 6) is -0.308. The second-order valence-corrected chi connectivity index (χ2v) is 5.46. The van der Waals surface area contributed by atoms with Crippen molar-refractivity contribution < 1.29 is 27.3 Å². The number of nitrogens with two attached hydrogens (primary N) is 2. The van der Waals surface area contributed by atoms with Crippen molar-refractivity contribution in [2.75, 3.05) is 12.3 Å². The van der Waals surface area contributed by atoms with Crippen molar-refractivity contribution in [2.45, 2.75) is 39.3 Å². The minimum absolute atomic E-state index is 0. The van der Waals surface area contributed by atoms with Crippen LogP contribution in [-0.2, 0) is 4.74 Å². The molecule has 0 aliphatic rings. The van der Waals surface area contributed by atoms with Gasteiger partial charge in [0.25, 0.3) is 0 Å². The van der Waals surface area contributed by atoms with Gasteiger partial charge in [-0.1, -0.05) is 0 Å². The average Bonchev–Trinajstić information content (AvgIpc) is 2.27. The predicted octanol–water partition coefficient (Wildman–Crippen LogP) is -1.82. The van der Waals surface area contributed by atoms with Crippen LogP contribution in [0.3, 0.4) is 0 Å². The number of hydrogen-bond donors (Lipinski definition) is 2. The second-order valence-electron chi connectivity index (χ2n) is 5.46. The Morgan fingerprint density at radius 2 is 1.84 bits per heavy atom. The molecule has 4 N–H and O–H groups in total. The van der Waals surface area contributed by atoms with Gasteiger partial charge in [-0.2, -0.15) is 0 Å². The molecule has 0 atom stereocenters. The van der Waals surface area contributed by atoms with Crippen LogP contribution in [0.15, 0.2) is 24.3 Å². The van der Waals surface area contributed by atoms with Crippen LogP contribution >= 0.6 is 0 Å². The zero-order valence-electron chi connectivity index (χ0n) is 11.9. The Kier molecular flexibility index (Phi) is 6.87. The maximum atomic E-state index is 11.9. The van der Waals surface area contributed by atoms with Crippen LogP contribution in [0.4, 0.5) is 5.69 Å². The summed E-state index contributed by atoms with van der Waals surface area (Å²) in [5, 5.41) is 2.15. The van der Waals surface area contributed by atoms with Crippen LogP contribution in [-0.4, -0.2) is 24.2 Å². The van der Waals surface area contributed by atoms with E-state index in [4.69, 9.17) is 10.5 Å². The fraction of sp³-hybridized carbons (Fsp3) is 0.500. The molecule has 0 saturated heterocycles. The molecule has 5 heteroatoms. The molecule has 0 bridgehead atoms. The number of esters is 1. The highest BCUT2D eigenvalue weighted by Gasteiger charge is 2.26. The van der Waals surface area contributed by atoms with Gasteiger partial charge in [0.15, 0.2) is 5.60 Å². The van der Waals surface area contributed by atoms with E-state index in [9.17, 15) is 4.79 Å². The van der Waals surface area contributed by atoms with Crippen molar-refractivity contribution in [1.82, 2.24) is 0 Å². The number of nitrogen functional groups attached to an aromatic ring is 1. The van der Waals surface area contributed by atoms with Gasteiger partial charge in [0.05, 0.1) is 11.6 Å². The number of ether oxygens (including phenoxy) is 1. The molecule has 19 heavy (non-hydrogen) atoms. The molecule has 1 rings (SSSR count). The van der Waals surface area contributed by atoms with Crippen LogP contribution in [0.1, 0.15) is 38.1 Å². The van der Waals surface area contributed by atoms with E-state index in [1.54, 1.807) is 24.3 Å². The van der Waals surface area contributed by atoms with Gasteiger partial charge < -0.3 is 28.2 Å². The lowest BCUT2D eigenvalue weighted by Crippen LogP contribution is -3.00. The minimum Gasteiger partial charge on any atom is -1.00 e. The van der Waals surface area contributed by atoms with Crippen LogP contribution < -0.4 is 23.5 Å². The third kappa shape index (κ3) is 6.45. The molecule has 0 fully saturated rings. The molecule has 4 nitrogen and oxygen atoms in total. The normalized spacial score (nSPS) is 11.0. The largest absolute Gasteiger partial charge is 1.00 e. The first-order valence-electron chi connectivity index (χ1n) is 6.22. The third-order valence-corrected chi connectivity index (χ3v) is 2.60. The van der Waals surface area contributed by atoms with Gasteiger partial charge in [-0.05, 0) is 52.0 Å². The van der Waals surface area contributed by atoms with Crippen molar-refractivity contribution in [3.05, 3.63) is 29.8 Å². The number of hydrogen-bond acceptors (Lipinski definition) is 3. The van der Waals surface area contributed by atoms with Gasteiger partial charge in [-0.25, -0.2) is 4.79 Å². The molecule has 0 radical (unpaired) electrons. The van der Waals surface area contributed by atoms with E-state index in [2.05, 4.69) is 19.2 Å². The first-order valence-corrected chi connectivity index (χ1v) is 6.22. The van der Waals surface area contributed by atoms with Crippen molar-refractivity contribution in [1.29, 1.82) is 0 Å². The summed E-state index contributed by atoms with van der Waals surface area (Å²) in [6.45, 7) is 8.79. The van der Waals surface area contributed by atoms with Crippen molar-refractivity contribution in [2.24, 2.45) is 0 Å². The lowest BCUT2D eigenvalue weighted by Gasteiger charge is -2.24. The summed E-state index contributed by atoms with van der Waals surface area (Å²) in [7, 11) is 0. The lowest BCUT2D eigenvalue weighted by atomic mass is 10.1. The number of quaternary nitrogens is 1. The summed E-state index contributed by atoms with van der Waals surface area (Å²) in [6.07, 6.45) is 0. The standard InChI is InChI=1S/C14H22N2O2.ClH/c1-10(2)16-9-14(3,4)18-13(17)11-5-7-12(15)8-6-11;/h5-8,10,16H,9,15H2,1-4H3;1H. The SMILES string of the molecule is CC(C)[NH2+]CC(C)(C)OC(=O)c1ccc(N)cc1.[Cl-]. The number of carbonyl (C=O) groups is 1. The molecular formula is C14H23ClN2O2. The molecule has 0 aliphatic carbocycles. The Morgan fingerprint density at radius 3 is 2.32 bits per heavy atom. The van der Waals surface area contributed by atoms with Gasteiger partial charge >= 0.3 is 5.97 Å². The molecule has 1 aromatic carbocycles. The summed E-state index contributed by atoms with van der Waals surface area (Å²) in [6, 6.07) is 7.24. The lowest BCUT2D eigenvalue weighted by molar-refractivity contribution is -0.692. The van der Waals surface area contributed by atoms with Gasteiger partial charge in [0.2, 0.25) is 0 Å². The fourth-order valence-electron chi connectivity index (χ4n) is 1.49. The van der Waals surface area contributed by atoms with Crippen LogP contribution in [0.25, 0.3) is 0 Å². The maximum Gasteiger partial charge on any atom is 0.338 e.